The van der Waals surface area contributed by atoms with Gasteiger partial charge in [0.25, 0.3) is 0 Å². The van der Waals surface area contributed by atoms with Gasteiger partial charge in [0.2, 0.25) is 0 Å². The van der Waals surface area contributed by atoms with Crippen LogP contribution in [0.1, 0.15) is 25.8 Å². The average Bonchev–Trinajstić information content (AvgIpc) is 2.40. The van der Waals surface area contributed by atoms with E-state index in [0.717, 1.165) is 24.3 Å². The molecule has 0 fully saturated rings. The quantitative estimate of drug-likeness (QED) is 0.733. The van der Waals surface area contributed by atoms with Crippen molar-refractivity contribution in [3.8, 4) is 5.75 Å². The average molecular weight is 265 g/mol. The molecule has 0 atom stereocenters. The highest BCUT2D eigenvalue weighted by molar-refractivity contribution is 5.71. The Kier molecular flexibility index (Phi) is 6.97. The van der Waals surface area contributed by atoms with Crippen LogP contribution in [0.5, 0.6) is 5.75 Å². The summed E-state index contributed by atoms with van der Waals surface area (Å²) >= 11 is 0. The van der Waals surface area contributed by atoms with Crippen LogP contribution in [0.4, 0.5) is 0 Å². The van der Waals surface area contributed by atoms with Crippen molar-refractivity contribution in [1.29, 1.82) is 0 Å². The van der Waals surface area contributed by atoms with E-state index < -0.39 is 0 Å². The molecule has 0 spiro atoms. The maximum absolute atomic E-state index is 10.9. The lowest BCUT2D eigenvalue weighted by Crippen LogP contribution is -2.23. The van der Waals surface area contributed by atoms with E-state index in [9.17, 15) is 4.79 Å². The van der Waals surface area contributed by atoms with Crippen LogP contribution in [-0.4, -0.2) is 26.2 Å². The third-order valence-corrected chi connectivity index (χ3v) is 2.71. The van der Waals surface area contributed by atoms with E-state index in [2.05, 4.69) is 23.9 Å². The minimum absolute atomic E-state index is 0.225. The van der Waals surface area contributed by atoms with Gasteiger partial charge in [-0.05, 0) is 30.0 Å². The molecule has 19 heavy (non-hydrogen) atoms. The second kappa shape index (κ2) is 8.53. The first kappa shape index (κ1) is 15.5. The molecule has 0 radical (unpaired) electrons. The zero-order chi connectivity index (χ0) is 14.1. The predicted molar refractivity (Wildman–Crippen MR) is 75.1 cm³/mol. The van der Waals surface area contributed by atoms with Gasteiger partial charge in [0.1, 0.15) is 5.75 Å². The Morgan fingerprint density at radius 3 is 2.53 bits per heavy atom. The van der Waals surface area contributed by atoms with Crippen LogP contribution in [-0.2, 0) is 16.1 Å². The molecule has 1 N–H and O–H groups in total. The van der Waals surface area contributed by atoms with E-state index in [4.69, 9.17) is 4.74 Å². The molecule has 4 nitrogen and oxygen atoms in total. The molecular weight excluding hydrogens is 242 g/mol. The van der Waals surface area contributed by atoms with Gasteiger partial charge in [0.15, 0.2) is 0 Å². The van der Waals surface area contributed by atoms with E-state index in [1.165, 1.54) is 7.11 Å². The molecule has 0 unspecified atom stereocenters. The first-order valence-corrected chi connectivity index (χ1v) is 6.61. The van der Waals surface area contributed by atoms with E-state index in [0.29, 0.717) is 12.5 Å². The van der Waals surface area contributed by atoms with Crippen molar-refractivity contribution in [1.82, 2.24) is 5.32 Å². The van der Waals surface area contributed by atoms with E-state index in [1.807, 2.05) is 24.3 Å². The summed E-state index contributed by atoms with van der Waals surface area (Å²) in [6, 6.07) is 7.90. The number of esters is 1. The van der Waals surface area contributed by atoms with Gasteiger partial charge in [-0.3, -0.25) is 4.79 Å². The van der Waals surface area contributed by atoms with Gasteiger partial charge in [-0.25, -0.2) is 0 Å². The van der Waals surface area contributed by atoms with Crippen molar-refractivity contribution >= 4 is 5.97 Å². The molecule has 1 rings (SSSR count). The lowest BCUT2D eigenvalue weighted by molar-refractivity contribution is -0.139. The Labute approximate surface area is 115 Å². The van der Waals surface area contributed by atoms with Crippen molar-refractivity contribution in [2.75, 3.05) is 20.3 Å². The summed E-state index contributed by atoms with van der Waals surface area (Å²) in [4.78, 5) is 10.9. The molecule has 1 aromatic rings. The molecule has 0 saturated carbocycles. The topological polar surface area (TPSA) is 47.6 Å². The third-order valence-electron chi connectivity index (χ3n) is 2.71. The van der Waals surface area contributed by atoms with Gasteiger partial charge in [-0.15, -0.1) is 0 Å². The molecule has 0 amide bonds. The normalized spacial score (nSPS) is 10.5. The molecule has 0 aliphatic carbocycles. The maximum Gasteiger partial charge on any atom is 0.319 e. The molecule has 0 aliphatic rings. The van der Waals surface area contributed by atoms with E-state index in [1.54, 1.807) is 0 Å². The Balaban J connectivity index is 2.29. The van der Waals surface area contributed by atoms with Crippen molar-refractivity contribution in [3.63, 3.8) is 0 Å². The number of methoxy groups -OCH3 is 1. The highest BCUT2D eigenvalue weighted by atomic mass is 16.5. The molecule has 4 heteroatoms. The Morgan fingerprint density at radius 2 is 1.95 bits per heavy atom. The fraction of sp³-hybridized carbons (Fsp3) is 0.533. The second-order valence-corrected chi connectivity index (χ2v) is 4.85. The number of carbonyl (C=O) groups is 1. The number of carbonyl (C=O) groups excluding carboxylic acids is 1. The largest absolute Gasteiger partial charge is 0.494 e. The van der Waals surface area contributed by atoms with E-state index in [-0.39, 0.29) is 12.5 Å². The SMILES string of the molecule is COC(=O)CNCc1ccc(OCCC(C)C)cc1. The first-order valence-electron chi connectivity index (χ1n) is 6.61. The molecule has 0 heterocycles. The standard InChI is InChI=1S/C15H23NO3/c1-12(2)8-9-19-14-6-4-13(5-7-14)10-16-11-15(17)18-3/h4-7,12,16H,8-11H2,1-3H3. The van der Waals surface area contributed by atoms with Gasteiger partial charge in [-0.2, -0.15) is 0 Å². The number of benzene rings is 1. The molecule has 0 aromatic heterocycles. The highest BCUT2D eigenvalue weighted by Gasteiger charge is 2.00. The van der Waals surface area contributed by atoms with Crippen molar-refractivity contribution in [2.45, 2.75) is 26.8 Å². The number of hydrogen-bond donors (Lipinski definition) is 1. The number of nitrogens with one attached hydrogen (secondary N) is 1. The first-order chi connectivity index (χ1) is 9.11. The third kappa shape index (κ3) is 6.82. The zero-order valence-corrected chi connectivity index (χ0v) is 11.9. The van der Waals surface area contributed by atoms with Gasteiger partial charge < -0.3 is 14.8 Å². The monoisotopic (exact) mass is 265 g/mol. The van der Waals surface area contributed by atoms with Gasteiger partial charge in [0, 0.05) is 6.54 Å². The van der Waals surface area contributed by atoms with Crippen LogP contribution in [0.25, 0.3) is 0 Å². The van der Waals surface area contributed by atoms with Crippen molar-refractivity contribution in [2.24, 2.45) is 5.92 Å². The summed E-state index contributed by atoms with van der Waals surface area (Å²) in [5, 5.41) is 3.01. The number of hydrogen-bond acceptors (Lipinski definition) is 4. The second-order valence-electron chi connectivity index (χ2n) is 4.85. The summed E-state index contributed by atoms with van der Waals surface area (Å²) in [5.41, 5.74) is 1.11. The molecule has 106 valence electrons. The number of ether oxygens (including phenoxy) is 2. The molecular formula is C15H23NO3. The van der Waals surface area contributed by atoms with Gasteiger partial charge in [-0.1, -0.05) is 26.0 Å². The van der Waals surface area contributed by atoms with Gasteiger partial charge >= 0.3 is 5.97 Å². The Hall–Kier alpha value is -1.55. The summed E-state index contributed by atoms with van der Waals surface area (Å²) in [6.07, 6.45) is 1.06. The summed E-state index contributed by atoms with van der Waals surface area (Å²) in [7, 11) is 1.38. The lowest BCUT2D eigenvalue weighted by atomic mass is 10.1. The maximum atomic E-state index is 10.9. The lowest BCUT2D eigenvalue weighted by Gasteiger charge is -2.09. The smallest absolute Gasteiger partial charge is 0.319 e. The fourth-order valence-corrected chi connectivity index (χ4v) is 1.50. The van der Waals surface area contributed by atoms with E-state index >= 15 is 0 Å². The van der Waals surface area contributed by atoms with Crippen molar-refractivity contribution in [3.05, 3.63) is 29.8 Å². The molecule has 1 aromatic carbocycles. The zero-order valence-electron chi connectivity index (χ0n) is 11.9. The van der Waals surface area contributed by atoms with Crippen LogP contribution >= 0.6 is 0 Å². The molecule has 0 bridgehead atoms. The highest BCUT2D eigenvalue weighted by Crippen LogP contribution is 2.13. The van der Waals surface area contributed by atoms with Crippen LogP contribution in [0, 0.1) is 5.92 Å². The Morgan fingerprint density at radius 1 is 1.26 bits per heavy atom. The molecule has 0 saturated heterocycles. The van der Waals surface area contributed by atoms with Gasteiger partial charge in [0.05, 0.1) is 20.3 Å². The summed E-state index contributed by atoms with van der Waals surface area (Å²) < 4.78 is 10.2. The van der Waals surface area contributed by atoms with Crippen LogP contribution in [0.3, 0.4) is 0 Å². The predicted octanol–water partition coefficient (Wildman–Crippen LogP) is 2.37. The summed E-state index contributed by atoms with van der Waals surface area (Å²) in [6.45, 7) is 5.97. The summed E-state index contributed by atoms with van der Waals surface area (Å²) in [5.74, 6) is 1.29. The minimum atomic E-state index is -0.256. The number of rotatable bonds is 8. The minimum Gasteiger partial charge on any atom is -0.494 e. The van der Waals surface area contributed by atoms with Crippen LogP contribution in [0.2, 0.25) is 0 Å². The Bertz CT molecular complexity index is 373. The van der Waals surface area contributed by atoms with Crippen LogP contribution in [0.15, 0.2) is 24.3 Å². The van der Waals surface area contributed by atoms with Crippen molar-refractivity contribution < 1.29 is 14.3 Å². The fourth-order valence-electron chi connectivity index (χ4n) is 1.50. The molecule has 0 aliphatic heterocycles. The van der Waals surface area contributed by atoms with Crippen LogP contribution < -0.4 is 10.1 Å².